The Morgan fingerprint density at radius 3 is 1.95 bits per heavy atom. The second-order valence-electron chi connectivity index (χ2n) is 4.59. The first-order valence-corrected chi connectivity index (χ1v) is 6.60. The minimum absolute atomic E-state index is 0.582. The van der Waals surface area contributed by atoms with Crippen LogP contribution >= 0.6 is 0 Å². The molecule has 0 aliphatic heterocycles. The summed E-state index contributed by atoms with van der Waals surface area (Å²) in [6, 6.07) is 16.6. The molecule has 3 nitrogen and oxygen atoms in total. The summed E-state index contributed by atoms with van der Waals surface area (Å²) in [6.07, 6.45) is 0. The van der Waals surface area contributed by atoms with Gasteiger partial charge in [0.2, 0.25) is 0 Å². The van der Waals surface area contributed by atoms with Crippen molar-refractivity contribution in [1.29, 1.82) is 0 Å². The summed E-state index contributed by atoms with van der Waals surface area (Å²) < 4.78 is 0. The van der Waals surface area contributed by atoms with Gasteiger partial charge in [-0.3, -0.25) is 0 Å². The van der Waals surface area contributed by atoms with Gasteiger partial charge in [0.25, 0.3) is 0 Å². The first-order valence-electron chi connectivity index (χ1n) is 6.60. The van der Waals surface area contributed by atoms with Crippen molar-refractivity contribution in [2.75, 3.05) is 23.8 Å². The molecule has 0 aliphatic rings. The molecule has 2 aromatic carbocycles. The smallest absolute Gasteiger partial charge is 0.0385 e. The summed E-state index contributed by atoms with van der Waals surface area (Å²) in [5.41, 5.74) is 10.1. The molecule has 0 unspecified atom stereocenters. The van der Waals surface area contributed by atoms with Crippen molar-refractivity contribution in [1.82, 2.24) is 0 Å². The fourth-order valence-electron chi connectivity index (χ4n) is 1.87. The first kappa shape index (κ1) is 13.4. The van der Waals surface area contributed by atoms with Gasteiger partial charge in [0.15, 0.2) is 0 Å². The van der Waals surface area contributed by atoms with Gasteiger partial charge in [0.05, 0.1) is 0 Å². The highest BCUT2D eigenvalue weighted by atomic mass is 15.1. The van der Waals surface area contributed by atoms with E-state index in [-0.39, 0.29) is 0 Å². The van der Waals surface area contributed by atoms with Crippen molar-refractivity contribution >= 4 is 17.1 Å². The minimum atomic E-state index is 0.582. The molecular formula is C16H21N3. The van der Waals surface area contributed by atoms with E-state index < -0.39 is 0 Å². The zero-order valence-electron chi connectivity index (χ0n) is 11.6. The van der Waals surface area contributed by atoms with Crippen LogP contribution in [0.3, 0.4) is 0 Å². The number of benzene rings is 2. The van der Waals surface area contributed by atoms with Crippen LogP contribution in [0, 0.1) is 0 Å². The molecule has 0 heterocycles. The first-order chi connectivity index (χ1) is 9.22. The molecule has 19 heavy (non-hydrogen) atoms. The maximum Gasteiger partial charge on any atom is 0.0385 e. The molecule has 0 fully saturated rings. The molecule has 0 radical (unpaired) electrons. The van der Waals surface area contributed by atoms with Crippen molar-refractivity contribution in [3.63, 3.8) is 0 Å². The SMILES string of the molecule is CCN(C)c1ccc(Nc2ccc(CN)cc2)cc1. The number of anilines is 3. The fourth-order valence-corrected chi connectivity index (χ4v) is 1.87. The third kappa shape index (κ3) is 3.48. The summed E-state index contributed by atoms with van der Waals surface area (Å²) >= 11 is 0. The van der Waals surface area contributed by atoms with Gasteiger partial charge in [-0.05, 0) is 48.9 Å². The largest absolute Gasteiger partial charge is 0.375 e. The van der Waals surface area contributed by atoms with E-state index in [0.29, 0.717) is 6.54 Å². The molecule has 3 heteroatoms. The van der Waals surface area contributed by atoms with E-state index in [4.69, 9.17) is 5.73 Å². The third-order valence-electron chi connectivity index (χ3n) is 3.26. The molecule has 2 aromatic rings. The number of hydrogen-bond donors (Lipinski definition) is 2. The van der Waals surface area contributed by atoms with Crippen LogP contribution in [0.25, 0.3) is 0 Å². The Bertz CT molecular complexity index is 503. The topological polar surface area (TPSA) is 41.3 Å². The lowest BCUT2D eigenvalue weighted by molar-refractivity contribution is 0.968. The van der Waals surface area contributed by atoms with E-state index in [1.165, 1.54) is 5.69 Å². The zero-order chi connectivity index (χ0) is 13.7. The summed E-state index contributed by atoms with van der Waals surface area (Å²) in [5.74, 6) is 0. The molecule has 3 N–H and O–H groups in total. The van der Waals surface area contributed by atoms with E-state index in [1.807, 2.05) is 24.3 Å². The van der Waals surface area contributed by atoms with Crippen LogP contribution in [0.1, 0.15) is 12.5 Å². The average molecular weight is 255 g/mol. The molecular weight excluding hydrogens is 234 g/mol. The normalized spacial score (nSPS) is 10.3. The molecule has 0 spiro atoms. The van der Waals surface area contributed by atoms with Gasteiger partial charge in [-0.2, -0.15) is 0 Å². The number of nitrogens with two attached hydrogens (primary N) is 1. The second-order valence-corrected chi connectivity index (χ2v) is 4.59. The lowest BCUT2D eigenvalue weighted by Crippen LogP contribution is -2.15. The van der Waals surface area contributed by atoms with Crippen LogP contribution in [0.2, 0.25) is 0 Å². The number of hydrogen-bond acceptors (Lipinski definition) is 3. The number of nitrogens with one attached hydrogen (secondary N) is 1. The summed E-state index contributed by atoms with van der Waals surface area (Å²) in [4.78, 5) is 2.21. The molecule has 0 amide bonds. The van der Waals surface area contributed by atoms with Crippen molar-refractivity contribution in [3.8, 4) is 0 Å². The van der Waals surface area contributed by atoms with Gasteiger partial charge in [-0.15, -0.1) is 0 Å². The zero-order valence-corrected chi connectivity index (χ0v) is 11.6. The maximum atomic E-state index is 5.59. The Kier molecular flexibility index (Phi) is 4.42. The average Bonchev–Trinajstić information content (AvgIpc) is 2.48. The van der Waals surface area contributed by atoms with E-state index in [0.717, 1.165) is 23.5 Å². The molecule has 0 aliphatic carbocycles. The second kappa shape index (κ2) is 6.25. The van der Waals surface area contributed by atoms with Crippen LogP contribution < -0.4 is 16.0 Å². The Hall–Kier alpha value is -2.00. The highest BCUT2D eigenvalue weighted by molar-refractivity contribution is 5.63. The van der Waals surface area contributed by atoms with Gasteiger partial charge < -0.3 is 16.0 Å². The Morgan fingerprint density at radius 1 is 0.947 bits per heavy atom. The highest BCUT2D eigenvalue weighted by Crippen LogP contribution is 2.20. The third-order valence-corrected chi connectivity index (χ3v) is 3.26. The van der Waals surface area contributed by atoms with Gasteiger partial charge in [-0.25, -0.2) is 0 Å². The van der Waals surface area contributed by atoms with E-state index in [2.05, 4.69) is 48.5 Å². The number of nitrogens with zero attached hydrogens (tertiary/aromatic N) is 1. The van der Waals surface area contributed by atoms with Crippen molar-refractivity contribution in [3.05, 3.63) is 54.1 Å². The lowest BCUT2D eigenvalue weighted by Gasteiger charge is -2.17. The number of rotatable bonds is 5. The van der Waals surface area contributed by atoms with Crippen molar-refractivity contribution in [2.24, 2.45) is 5.73 Å². The van der Waals surface area contributed by atoms with Crippen LogP contribution in [0.5, 0.6) is 0 Å². The van der Waals surface area contributed by atoms with Crippen LogP contribution in [0.4, 0.5) is 17.1 Å². The van der Waals surface area contributed by atoms with Crippen LogP contribution in [-0.2, 0) is 6.54 Å². The monoisotopic (exact) mass is 255 g/mol. The van der Waals surface area contributed by atoms with Crippen molar-refractivity contribution in [2.45, 2.75) is 13.5 Å². The van der Waals surface area contributed by atoms with Gasteiger partial charge in [-0.1, -0.05) is 12.1 Å². The predicted molar refractivity (Wildman–Crippen MR) is 83.0 cm³/mol. The Labute approximate surface area is 115 Å². The molecule has 0 aromatic heterocycles. The molecule has 100 valence electrons. The molecule has 0 saturated heterocycles. The summed E-state index contributed by atoms with van der Waals surface area (Å²) in [7, 11) is 2.09. The van der Waals surface area contributed by atoms with Crippen LogP contribution in [0.15, 0.2) is 48.5 Å². The molecule has 0 bridgehead atoms. The Balaban J connectivity index is 2.06. The highest BCUT2D eigenvalue weighted by Gasteiger charge is 1.99. The van der Waals surface area contributed by atoms with Gasteiger partial charge in [0, 0.05) is 37.2 Å². The molecule has 2 rings (SSSR count). The van der Waals surface area contributed by atoms with E-state index in [1.54, 1.807) is 0 Å². The van der Waals surface area contributed by atoms with Crippen molar-refractivity contribution < 1.29 is 0 Å². The fraction of sp³-hybridized carbons (Fsp3) is 0.250. The van der Waals surface area contributed by atoms with Gasteiger partial charge in [0.1, 0.15) is 0 Å². The van der Waals surface area contributed by atoms with E-state index in [9.17, 15) is 0 Å². The Morgan fingerprint density at radius 2 is 1.47 bits per heavy atom. The quantitative estimate of drug-likeness (QED) is 0.861. The molecule has 0 saturated carbocycles. The minimum Gasteiger partial charge on any atom is -0.375 e. The predicted octanol–water partition coefficient (Wildman–Crippen LogP) is 3.35. The standard InChI is InChI=1S/C16H21N3/c1-3-19(2)16-10-8-15(9-11-16)18-14-6-4-13(12-17)5-7-14/h4-11,18H,3,12,17H2,1-2H3. The van der Waals surface area contributed by atoms with Gasteiger partial charge >= 0.3 is 0 Å². The van der Waals surface area contributed by atoms with Crippen LogP contribution in [-0.4, -0.2) is 13.6 Å². The molecule has 0 atom stereocenters. The summed E-state index contributed by atoms with van der Waals surface area (Å²) in [6.45, 7) is 3.73. The summed E-state index contributed by atoms with van der Waals surface area (Å²) in [5, 5.41) is 3.38. The lowest BCUT2D eigenvalue weighted by atomic mass is 10.2. The van der Waals surface area contributed by atoms with E-state index >= 15 is 0 Å². The maximum absolute atomic E-state index is 5.59.